The number of hydrogen-bond acceptors (Lipinski definition) is 3. The van der Waals surface area contributed by atoms with Gasteiger partial charge in [-0.15, -0.1) is 0 Å². The number of nitrogens with zero attached hydrogens (tertiary/aromatic N) is 2. The molecule has 5 nitrogen and oxygen atoms in total. The first-order chi connectivity index (χ1) is 10.7. The standard InChI is InChI=1S/C17H13N3O2/c1-20-10-18-14-9-12(6-7-16(14)20)22-17(21)15-8-11-4-2-3-5-13(11)19-15/h2-10,19H,1H3. The van der Waals surface area contributed by atoms with E-state index in [1.54, 1.807) is 24.5 Å². The lowest BCUT2D eigenvalue weighted by molar-refractivity contribution is 0.0730. The summed E-state index contributed by atoms with van der Waals surface area (Å²) in [6, 6.07) is 14.9. The topological polar surface area (TPSA) is 59.9 Å². The lowest BCUT2D eigenvalue weighted by atomic mass is 10.2. The number of carbonyl (C=O) groups is 1. The van der Waals surface area contributed by atoms with Crippen LogP contribution in [0.5, 0.6) is 5.75 Å². The summed E-state index contributed by atoms with van der Waals surface area (Å²) in [5, 5.41) is 0.981. The lowest BCUT2D eigenvalue weighted by Gasteiger charge is -2.03. The monoisotopic (exact) mass is 291 g/mol. The van der Waals surface area contributed by atoms with Crippen molar-refractivity contribution in [2.24, 2.45) is 7.05 Å². The summed E-state index contributed by atoms with van der Waals surface area (Å²) in [4.78, 5) is 19.6. The number of imidazole rings is 1. The molecule has 2 heterocycles. The van der Waals surface area contributed by atoms with Crippen molar-refractivity contribution in [3.63, 3.8) is 0 Å². The van der Waals surface area contributed by atoms with E-state index in [2.05, 4.69) is 9.97 Å². The molecule has 108 valence electrons. The second-order valence-electron chi connectivity index (χ2n) is 5.17. The Balaban J connectivity index is 1.64. The number of nitrogens with one attached hydrogen (secondary N) is 1. The van der Waals surface area contributed by atoms with Crippen molar-refractivity contribution >= 4 is 27.9 Å². The average molecular weight is 291 g/mol. The Bertz CT molecular complexity index is 964. The van der Waals surface area contributed by atoms with Gasteiger partial charge in [0.2, 0.25) is 0 Å². The minimum absolute atomic E-state index is 0.411. The fraction of sp³-hybridized carbons (Fsp3) is 0.0588. The minimum atomic E-state index is -0.411. The third kappa shape index (κ3) is 2.03. The molecule has 0 saturated heterocycles. The molecule has 4 rings (SSSR count). The zero-order chi connectivity index (χ0) is 15.1. The van der Waals surface area contributed by atoms with Crippen molar-refractivity contribution in [2.45, 2.75) is 0 Å². The van der Waals surface area contributed by atoms with Gasteiger partial charge in [-0.05, 0) is 24.3 Å². The van der Waals surface area contributed by atoms with Gasteiger partial charge in [-0.2, -0.15) is 0 Å². The highest BCUT2D eigenvalue weighted by molar-refractivity contribution is 5.96. The summed E-state index contributed by atoms with van der Waals surface area (Å²) in [6.45, 7) is 0. The first kappa shape index (κ1) is 12.6. The van der Waals surface area contributed by atoms with E-state index in [1.165, 1.54) is 0 Å². The first-order valence-corrected chi connectivity index (χ1v) is 6.92. The molecule has 0 aliphatic carbocycles. The van der Waals surface area contributed by atoms with Crippen molar-refractivity contribution in [1.82, 2.24) is 14.5 Å². The fourth-order valence-electron chi connectivity index (χ4n) is 2.52. The van der Waals surface area contributed by atoms with Crippen molar-refractivity contribution in [1.29, 1.82) is 0 Å². The largest absolute Gasteiger partial charge is 0.422 e. The molecule has 5 heteroatoms. The van der Waals surface area contributed by atoms with Gasteiger partial charge in [-0.3, -0.25) is 0 Å². The summed E-state index contributed by atoms with van der Waals surface area (Å²) >= 11 is 0. The molecular formula is C17H13N3O2. The van der Waals surface area contributed by atoms with Crippen LogP contribution < -0.4 is 4.74 Å². The van der Waals surface area contributed by atoms with Crippen molar-refractivity contribution in [2.75, 3.05) is 0 Å². The lowest BCUT2D eigenvalue weighted by Crippen LogP contribution is -2.08. The van der Waals surface area contributed by atoms with Gasteiger partial charge in [0.15, 0.2) is 0 Å². The second kappa shape index (κ2) is 4.73. The van der Waals surface area contributed by atoms with Crippen LogP contribution in [-0.2, 0) is 7.05 Å². The summed E-state index contributed by atoms with van der Waals surface area (Å²) in [6.07, 6.45) is 1.73. The number of carbonyl (C=O) groups excluding carboxylic acids is 1. The van der Waals surface area contributed by atoms with Gasteiger partial charge in [0, 0.05) is 24.0 Å². The van der Waals surface area contributed by atoms with E-state index >= 15 is 0 Å². The summed E-state index contributed by atoms with van der Waals surface area (Å²) < 4.78 is 7.34. The molecule has 4 aromatic rings. The van der Waals surface area contributed by atoms with Gasteiger partial charge in [0.05, 0.1) is 17.4 Å². The molecule has 0 aliphatic heterocycles. The molecule has 0 atom stereocenters. The number of para-hydroxylation sites is 1. The maximum atomic E-state index is 12.2. The van der Waals surface area contributed by atoms with Crippen LogP contribution in [-0.4, -0.2) is 20.5 Å². The van der Waals surface area contributed by atoms with Gasteiger partial charge in [0.1, 0.15) is 11.4 Å². The number of benzene rings is 2. The Morgan fingerprint density at radius 1 is 1.18 bits per heavy atom. The number of rotatable bonds is 2. The number of fused-ring (bicyclic) bond motifs is 2. The predicted molar refractivity (Wildman–Crippen MR) is 84.0 cm³/mol. The van der Waals surface area contributed by atoms with E-state index in [9.17, 15) is 4.79 Å². The molecule has 0 radical (unpaired) electrons. The second-order valence-corrected chi connectivity index (χ2v) is 5.17. The predicted octanol–water partition coefficient (Wildman–Crippen LogP) is 3.27. The number of aryl methyl sites for hydroxylation is 1. The number of H-pyrrole nitrogens is 1. The smallest absolute Gasteiger partial charge is 0.360 e. The Hall–Kier alpha value is -3.08. The van der Waals surface area contributed by atoms with E-state index in [1.807, 2.05) is 41.9 Å². The minimum Gasteiger partial charge on any atom is -0.422 e. The molecule has 0 amide bonds. The van der Waals surface area contributed by atoms with Crippen LogP contribution in [0.25, 0.3) is 21.9 Å². The van der Waals surface area contributed by atoms with E-state index < -0.39 is 5.97 Å². The SMILES string of the molecule is Cn1cnc2cc(OC(=O)c3cc4ccccc4[nH]3)ccc21. The molecule has 0 bridgehead atoms. The van der Waals surface area contributed by atoms with Crippen LogP contribution in [0.4, 0.5) is 0 Å². The molecule has 2 aromatic carbocycles. The third-order valence-electron chi connectivity index (χ3n) is 3.66. The van der Waals surface area contributed by atoms with Gasteiger partial charge in [-0.25, -0.2) is 9.78 Å². The highest BCUT2D eigenvalue weighted by Gasteiger charge is 2.12. The quantitative estimate of drug-likeness (QED) is 0.455. The highest BCUT2D eigenvalue weighted by Crippen LogP contribution is 2.21. The number of ether oxygens (including phenoxy) is 1. The van der Waals surface area contributed by atoms with Crippen LogP contribution >= 0.6 is 0 Å². The summed E-state index contributed by atoms with van der Waals surface area (Å²) in [5.41, 5.74) is 3.13. The van der Waals surface area contributed by atoms with Gasteiger partial charge >= 0.3 is 5.97 Å². The number of esters is 1. The normalized spacial score (nSPS) is 11.1. The Morgan fingerprint density at radius 2 is 2.05 bits per heavy atom. The van der Waals surface area contributed by atoms with Crippen molar-refractivity contribution in [3.05, 3.63) is 60.6 Å². The summed E-state index contributed by atoms with van der Waals surface area (Å²) in [7, 11) is 1.92. The van der Waals surface area contributed by atoms with Gasteiger partial charge < -0.3 is 14.3 Å². The zero-order valence-electron chi connectivity index (χ0n) is 11.9. The molecule has 0 unspecified atom stereocenters. The van der Waals surface area contributed by atoms with Crippen LogP contribution in [0.15, 0.2) is 54.9 Å². The zero-order valence-corrected chi connectivity index (χ0v) is 11.9. The number of aromatic amines is 1. The number of aromatic nitrogens is 3. The first-order valence-electron chi connectivity index (χ1n) is 6.92. The molecule has 0 fully saturated rings. The molecule has 0 saturated carbocycles. The Labute approximate surface area is 126 Å². The van der Waals surface area contributed by atoms with Gasteiger partial charge in [-0.1, -0.05) is 18.2 Å². The fourth-order valence-corrected chi connectivity index (χ4v) is 2.52. The van der Waals surface area contributed by atoms with Crippen LogP contribution in [0.2, 0.25) is 0 Å². The average Bonchev–Trinajstić information content (AvgIpc) is 3.11. The van der Waals surface area contributed by atoms with Crippen LogP contribution in [0.1, 0.15) is 10.5 Å². The molecule has 2 aromatic heterocycles. The Morgan fingerprint density at radius 3 is 2.91 bits per heavy atom. The maximum Gasteiger partial charge on any atom is 0.360 e. The summed E-state index contributed by atoms with van der Waals surface area (Å²) in [5.74, 6) is 0.0707. The van der Waals surface area contributed by atoms with Crippen molar-refractivity contribution < 1.29 is 9.53 Å². The molecule has 0 spiro atoms. The third-order valence-corrected chi connectivity index (χ3v) is 3.66. The van der Waals surface area contributed by atoms with E-state index in [-0.39, 0.29) is 0 Å². The molecule has 0 aliphatic rings. The molecule has 22 heavy (non-hydrogen) atoms. The van der Waals surface area contributed by atoms with E-state index in [0.717, 1.165) is 21.9 Å². The molecule has 1 N–H and O–H groups in total. The van der Waals surface area contributed by atoms with Crippen LogP contribution in [0, 0.1) is 0 Å². The molecular weight excluding hydrogens is 278 g/mol. The maximum absolute atomic E-state index is 12.2. The van der Waals surface area contributed by atoms with Crippen molar-refractivity contribution in [3.8, 4) is 5.75 Å². The Kier molecular flexibility index (Phi) is 2.72. The van der Waals surface area contributed by atoms with E-state index in [0.29, 0.717) is 11.4 Å². The highest BCUT2D eigenvalue weighted by atomic mass is 16.5. The van der Waals surface area contributed by atoms with Gasteiger partial charge in [0.25, 0.3) is 0 Å². The number of hydrogen-bond donors (Lipinski definition) is 1. The van der Waals surface area contributed by atoms with E-state index in [4.69, 9.17) is 4.74 Å². The van der Waals surface area contributed by atoms with Crippen LogP contribution in [0.3, 0.4) is 0 Å².